The van der Waals surface area contributed by atoms with Gasteiger partial charge in [-0.25, -0.2) is 0 Å². The highest BCUT2D eigenvalue weighted by Crippen LogP contribution is 2.48. The number of terminal acetylenes is 3. The van der Waals surface area contributed by atoms with Crippen molar-refractivity contribution in [2.24, 2.45) is 0 Å². The maximum absolute atomic E-state index is 5.11. The Morgan fingerprint density at radius 2 is 1.14 bits per heavy atom. The van der Waals surface area contributed by atoms with Crippen molar-refractivity contribution in [2.45, 2.75) is 0 Å². The molecule has 0 rings (SSSR count). The lowest BCUT2D eigenvalue weighted by atomic mass is 10.8. The Morgan fingerprint density at radius 3 is 1.36 bits per heavy atom. The van der Waals surface area contributed by atoms with Crippen molar-refractivity contribution in [2.75, 3.05) is 19.8 Å². The van der Waals surface area contributed by atoms with Crippen LogP contribution in [-0.4, -0.2) is 26.1 Å². The van der Waals surface area contributed by atoms with Crippen LogP contribution < -0.4 is 0 Å². The highest BCUT2D eigenvalue weighted by molar-refractivity contribution is 7.59. The molecule has 0 atom stereocenters. The molecule has 3 nitrogen and oxygen atoms in total. The Bertz CT molecular complexity index is 274. The van der Waals surface area contributed by atoms with Gasteiger partial charge in [0.25, 0.3) is 7.57 Å². The zero-order valence-electron chi connectivity index (χ0n) is 7.73. The molecule has 0 saturated heterocycles. The van der Waals surface area contributed by atoms with E-state index in [9.17, 15) is 0 Å². The Labute approximate surface area is 85.0 Å². The van der Waals surface area contributed by atoms with Gasteiger partial charge in [-0.1, -0.05) is 17.8 Å². The van der Waals surface area contributed by atoms with Gasteiger partial charge in [0, 0.05) is 0 Å². The molecule has 14 heavy (non-hydrogen) atoms. The largest absolute Gasteiger partial charge is 0.304 e. The first-order valence-corrected chi connectivity index (χ1v) is 5.38. The lowest BCUT2D eigenvalue weighted by Crippen LogP contribution is -2.01. The number of hydrogen-bond acceptors (Lipinski definition) is 3. The van der Waals surface area contributed by atoms with E-state index in [0.29, 0.717) is 0 Å². The van der Waals surface area contributed by atoms with Gasteiger partial charge in [-0.15, -0.1) is 19.3 Å². The normalized spacial score (nSPS) is 9.79. The lowest BCUT2D eigenvalue weighted by Gasteiger charge is -2.20. The van der Waals surface area contributed by atoms with Gasteiger partial charge in [-0.3, -0.25) is 0 Å². The van der Waals surface area contributed by atoms with E-state index in [1.165, 1.54) is 0 Å². The van der Waals surface area contributed by atoms with Crippen LogP contribution in [0.15, 0.2) is 0 Å². The minimum absolute atomic E-state index is 0.0480. The molecule has 0 bridgehead atoms. The number of hydrogen-bond donors (Lipinski definition) is 0. The molecule has 0 radical (unpaired) electrons. The average molecular weight is 210 g/mol. The van der Waals surface area contributed by atoms with E-state index in [-0.39, 0.29) is 19.8 Å². The minimum Gasteiger partial charge on any atom is -0.304 e. The molecule has 0 spiro atoms. The summed E-state index contributed by atoms with van der Waals surface area (Å²) in [7, 11) is -2.70. The molecule has 0 aliphatic heterocycles. The van der Waals surface area contributed by atoms with Gasteiger partial charge in [0.05, 0.1) is 0 Å². The topological polar surface area (TPSA) is 27.7 Å². The summed E-state index contributed by atoms with van der Waals surface area (Å²) in [6, 6.07) is 0. The van der Waals surface area contributed by atoms with Crippen LogP contribution in [0.3, 0.4) is 0 Å². The Kier molecular flexibility index (Phi) is 6.69. The molecule has 0 amide bonds. The van der Waals surface area contributed by atoms with E-state index in [2.05, 4.69) is 24.1 Å². The zero-order valence-corrected chi connectivity index (χ0v) is 8.63. The first-order chi connectivity index (χ1) is 6.68. The second-order valence-corrected chi connectivity index (χ2v) is 4.04. The quantitative estimate of drug-likeness (QED) is 0.486. The molecule has 0 aromatic carbocycles. The highest BCUT2D eigenvalue weighted by Gasteiger charge is 2.15. The van der Waals surface area contributed by atoms with Crippen LogP contribution in [-0.2, 0) is 13.6 Å². The van der Waals surface area contributed by atoms with E-state index < -0.39 is 7.57 Å². The summed E-state index contributed by atoms with van der Waals surface area (Å²) in [6.45, 7) is 0.144. The summed E-state index contributed by atoms with van der Waals surface area (Å²) in [4.78, 5) is 0. The fourth-order valence-electron chi connectivity index (χ4n) is 0.519. The summed E-state index contributed by atoms with van der Waals surface area (Å²) in [5, 5.41) is 0. The van der Waals surface area contributed by atoms with Gasteiger partial charge >= 0.3 is 0 Å². The second kappa shape index (κ2) is 7.28. The molecule has 0 unspecified atom stereocenters. The molecule has 0 aliphatic carbocycles. The van der Waals surface area contributed by atoms with Crippen molar-refractivity contribution in [3.05, 3.63) is 0 Å². The van der Waals surface area contributed by atoms with E-state index in [1.807, 2.05) is 0 Å². The van der Waals surface area contributed by atoms with Crippen LogP contribution in [0.2, 0.25) is 0 Å². The second-order valence-electron chi connectivity index (χ2n) is 2.04. The van der Waals surface area contributed by atoms with Crippen LogP contribution >= 0.6 is 7.57 Å². The van der Waals surface area contributed by atoms with Crippen molar-refractivity contribution < 1.29 is 13.6 Å². The molecular formula is C10H11O3P. The predicted octanol–water partition coefficient (Wildman–Crippen LogP) is 1.13. The third-order valence-electron chi connectivity index (χ3n) is 1.03. The minimum atomic E-state index is -2.70. The number of rotatable bonds is 6. The van der Waals surface area contributed by atoms with Gasteiger partial charge in [0.2, 0.25) is 0 Å². The van der Waals surface area contributed by atoms with Crippen LogP contribution in [0.1, 0.15) is 0 Å². The summed E-state index contributed by atoms with van der Waals surface area (Å²) < 4.78 is 15.3. The van der Waals surface area contributed by atoms with Crippen LogP contribution in [0.25, 0.3) is 0 Å². The molecular weight excluding hydrogens is 199 g/mol. The van der Waals surface area contributed by atoms with Crippen LogP contribution in [0.5, 0.6) is 0 Å². The van der Waals surface area contributed by atoms with E-state index in [1.54, 1.807) is 0 Å². The van der Waals surface area contributed by atoms with E-state index in [0.717, 1.165) is 0 Å². The summed E-state index contributed by atoms with van der Waals surface area (Å²) in [5.74, 6) is 6.84. The monoisotopic (exact) mass is 210 g/mol. The molecule has 0 N–H and O–H groups in total. The lowest BCUT2D eigenvalue weighted by molar-refractivity contribution is 0.195. The van der Waals surface area contributed by atoms with Crippen LogP contribution in [0.4, 0.5) is 0 Å². The summed E-state index contributed by atoms with van der Waals surface area (Å²) in [5.41, 5.74) is 0. The van der Waals surface area contributed by atoms with Crippen molar-refractivity contribution in [3.63, 3.8) is 0 Å². The molecule has 0 saturated carbocycles. The smallest absolute Gasteiger partial charge is 0.253 e. The van der Waals surface area contributed by atoms with Crippen LogP contribution in [0, 0.1) is 37.0 Å². The Hall–Kier alpha value is -1.14. The van der Waals surface area contributed by atoms with Gasteiger partial charge < -0.3 is 13.6 Å². The standard InChI is InChI=1S/C10H11O3P/c1-5-8-11-14(4,12-9-6-2)13-10-7-3/h1-3H,4,8-10H2. The van der Waals surface area contributed by atoms with Crippen molar-refractivity contribution in [3.8, 4) is 37.0 Å². The first kappa shape index (κ1) is 12.9. The van der Waals surface area contributed by atoms with E-state index in [4.69, 9.17) is 32.8 Å². The fourth-order valence-corrected chi connectivity index (χ4v) is 1.56. The van der Waals surface area contributed by atoms with Crippen molar-refractivity contribution in [1.82, 2.24) is 0 Å². The molecule has 0 aliphatic rings. The zero-order chi connectivity index (χ0) is 10.9. The van der Waals surface area contributed by atoms with Gasteiger partial charge in [0.1, 0.15) is 19.8 Å². The van der Waals surface area contributed by atoms with Gasteiger partial charge in [-0.2, -0.15) is 0 Å². The molecule has 74 valence electrons. The third kappa shape index (κ3) is 5.50. The SMILES string of the molecule is C#CCOP(=C)(OCC#C)OCC#C. The third-order valence-corrected chi connectivity index (χ3v) is 2.60. The molecule has 0 aromatic heterocycles. The molecule has 0 fully saturated rings. The maximum Gasteiger partial charge on any atom is 0.253 e. The molecule has 0 heterocycles. The molecule has 4 heteroatoms. The Morgan fingerprint density at radius 1 is 0.857 bits per heavy atom. The van der Waals surface area contributed by atoms with E-state index >= 15 is 0 Å². The summed E-state index contributed by atoms with van der Waals surface area (Å²) in [6.07, 6.45) is 18.7. The molecule has 0 aromatic rings. The first-order valence-electron chi connectivity index (χ1n) is 3.66. The highest BCUT2D eigenvalue weighted by atomic mass is 31.2. The van der Waals surface area contributed by atoms with Crippen molar-refractivity contribution in [1.29, 1.82) is 0 Å². The Balaban J connectivity index is 4.22. The summed E-state index contributed by atoms with van der Waals surface area (Å²) >= 11 is 0. The maximum atomic E-state index is 5.11. The van der Waals surface area contributed by atoms with Gasteiger partial charge in [0.15, 0.2) is 0 Å². The average Bonchev–Trinajstić information content (AvgIpc) is 2.21. The van der Waals surface area contributed by atoms with Gasteiger partial charge in [-0.05, 0) is 6.30 Å². The fraction of sp³-hybridized carbons (Fsp3) is 0.300. The predicted molar refractivity (Wildman–Crippen MR) is 58.4 cm³/mol. The van der Waals surface area contributed by atoms with Crippen molar-refractivity contribution >= 4 is 13.9 Å².